The number of hydrogen-bond acceptors (Lipinski definition) is 1. The van der Waals surface area contributed by atoms with E-state index in [9.17, 15) is 0 Å². The van der Waals surface area contributed by atoms with Crippen LogP contribution in [0.1, 0.15) is 12.8 Å². The van der Waals surface area contributed by atoms with Gasteiger partial charge in [0.1, 0.15) is 19.8 Å². The largest absolute Gasteiger partial charge is 0.327 e. The molecule has 1 unspecified atom stereocenters. The first-order valence-electron chi connectivity index (χ1n) is 3.08. The number of nitrogens with two attached hydrogens (primary N) is 1. The molecule has 0 amide bonds. The van der Waals surface area contributed by atoms with Crippen LogP contribution in [-0.2, 0) is 0 Å². The smallest absolute Gasteiger partial charge is 0.143 e. The predicted octanol–water partition coefficient (Wildman–Crippen LogP) is -0.179. The topological polar surface area (TPSA) is 29.0 Å². The summed E-state index contributed by atoms with van der Waals surface area (Å²) in [5.41, 5.74) is 5.64. The molecular formula is C6H13N2+. The molecule has 0 radical (unpaired) electrons. The van der Waals surface area contributed by atoms with Crippen molar-refractivity contribution in [1.29, 1.82) is 0 Å². The van der Waals surface area contributed by atoms with Gasteiger partial charge in [-0.15, -0.1) is 0 Å². The summed E-state index contributed by atoms with van der Waals surface area (Å²) in [6.45, 7) is 1.13. The molecule has 1 aliphatic heterocycles. The van der Waals surface area contributed by atoms with Gasteiger partial charge < -0.3 is 5.73 Å². The molecule has 8 heavy (non-hydrogen) atoms. The highest BCUT2D eigenvalue weighted by Gasteiger charge is 2.10. The van der Waals surface area contributed by atoms with Crippen LogP contribution in [0.3, 0.4) is 0 Å². The average Bonchev–Trinajstić information content (AvgIpc) is 1.77. The summed E-state index contributed by atoms with van der Waals surface area (Å²) in [6, 6.07) is 0.422. The van der Waals surface area contributed by atoms with Crippen LogP contribution >= 0.6 is 0 Å². The van der Waals surface area contributed by atoms with Crippen molar-refractivity contribution in [2.75, 3.05) is 13.6 Å². The van der Waals surface area contributed by atoms with E-state index < -0.39 is 0 Å². The van der Waals surface area contributed by atoms with E-state index in [0.29, 0.717) is 6.04 Å². The van der Waals surface area contributed by atoms with Crippen molar-refractivity contribution >= 4 is 6.21 Å². The van der Waals surface area contributed by atoms with Crippen LogP contribution in [0.4, 0.5) is 0 Å². The van der Waals surface area contributed by atoms with Crippen molar-refractivity contribution in [3.05, 3.63) is 0 Å². The quantitative estimate of drug-likeness (QED) is 0.434. The van der Waals surface area contributed by atoms with Gasteiger partial charge in [0.25, 0.3) is 0 Å². The molecule has 0 fully saturated rings. The van der Waals surface area contributed by atoms with Crippen molar-refractivity contribution in [3.63, 3.8) is 0 Å². The van der Waals surface area contributed by atoms with Crippen molar-refractivity contribution in [2.24, 2.45) is 5.73 Å². The lowest BCUT2D eigenvalue weighted by molar-refractivity contribution is -0.498. The maximum Gasteiger partial charge on any atom is 0.143 e. The second-order valence-corrected chi connectivity index (χ2v) is 2.45. The van der Waals surface area contributed by atoms with Crippen molar-refractivity contribution in [3.8, 4) is 0 Å². The van der Waals surface area contributed by atoms with E-state index in [0.717, 1.165) is 19.4 Å². The molecule has 46 valence electrons. The molecule has 0 aromatic heterocycles. The fraction of sp³-hybridized carbons (Fsp3) is 0.833. The lowest BCUT2D eigenvalue weighted by Gasteiger charge is -2.10. The highest BCUT2D eigenvalue weighted by atomic mass is 15.0. The first-order valence-corrected chi connectivity index (χ1v) is 3.08. The Morgan fingerprint density at radius 1 is 1.75 bits per heavy atom. The van der Waals surface area contributed by atoms with Crippen LogP contribution in [0.5, 0.6) is 0 Å². The van der Waals surface area contributed by atoms with Crippen LogP contribution in [-0.4, -0.2) is 30.4 Å². The van der Waals surface area contributed by atoms with Crippen LogP contribution < -0.4 is 5.73 Å². The minimum absolute atomic E-state index is 0.422. The molecule has 2 N–H and O–H groups in total. The summed E-state index contributed by atoms with van der Waals surface area (Å²) < 4.78 is 2.20. The van der Waals surface area contributed by atoms with Gasteiger partial charge in [-0.1, -0.05) is 0 Å². The highest BCUT2D eigenvalue weighted by Crippen LogP contribution is 1.96. The summed E-state index contributed by atoms with van der Waals surface area (Å²) in [7, 11) is 2.09. The Hall–Kier alpha value is -0.370. The molecule has 1 rings (SSSR count). The van der Waals surface area contributed by atoms with E-state index in [1.165, 1.54) is 0 Å². The zero-order chi connectivity index (χ0) is 5.98. The monoisotopic (exact) mass is 113 g/mol. The third-order valence-electron chi connectivity index (χ3n) is 1.57. The molecule has 0 saturated carbocycles. The van der Waals surface area contributed by atoms with Gasteiger partial charge in [-0.05, 0) is 0 Å². The van der Waals surface area contributed by atoms with Crippen LogP contribution in [0, 0.1) is 0 Å². The zero-order valence-electron chi connectivity index (χ0n) is 5.30. The molecule has 0 aliphatic carbocycles. The van der Waals surface area contributed by atoms with Crippen molar-refractivity contribution in [2.45, 2.75) is 18.9 Å². The second kappa shape index (κ2) is 2.27. The highest BCUT2D eigenvalue weighted by molar-refractivity contribution is 5.52. The second-order valence-electron chi connectivity index (χ2n) is 2.45. The normalized spacial score (nSPS) is 29.8. The molecule has 0 aromatic carbocycles. The summed E-state index contributed by atoms with van der Waals surface area (Å²) in [6.07, 6.45) is 4.36. The molecule has 0 bridgehead atoms. The standard InChI is InChI=1S/C6H13N2/c1-8-4-2-6(7)3-5-8/h4,6H,2-3,5,7H2,1H3/q+1. The average molecular weight is 113 g/mol. The molecule has 2 heteroatoms. The van der Waals surface area contributed by atoms with Gasteiger partial charge in [0.05, 0.1) is 0 Å². The number of nitrogens with zero attached hydrogens (tertiary/aromatic N) is 1. The van der Waals surface area contributed by atoms with E-state index in [-0.39, 0.29) is 0 Å². The SMILES string of the molecule is C[N+]1=CCC(N)CC1. The molecule has 0 spiro atoms. The number of rotatable bonds is 0. The van der Waals surface area contributed by atoms with Gasteiger partial charge in [0.2, 0.25) is 0 Å². The molecule has 1 aliphatic rings. The van der Waals surface area contributed by atoms with Gasteiger partial charge in [0, 0.05) is 18.9 Å². The molecule has 0 saturated heterocycles. The third-order valence-corrected chi connectivity index (χ3v) is 1.57. The first-order chi connectivity index (χ1) is 3.79. The maximum absolute atomic E-state index is 5.64. The summed E-state index contributed by atoms with van der Waals surface area (Å²) >= 11 is 0. The van der Waals surface area contributed by atoms with Gasteiger partial charge in [-0.3, -0.25) is 0 Å². The molecule has 0 aromatic rings. The van der Waals surface area contributed by atoms with E-state index in [1.807, 2.05) is 0 Å². The molecule has 1 heterocycles. The van der Waals surface area contributed by atoms with Gasteiger partial charge in [0.15, 0.2) is 0 Å². The van der Waals surface area contributed by atoms with E-state index in [4.69, 9.17) is 5.73 Å². The van der Waals surface area contributed by atoms with E-state index in [1.54, 1.807) is 0 Å². The predicted molar refractivity (Wildman–Crippen MR) is 34.3 cm³/mol. The van der Waals surface area contributed by atoms with Crippen LogP contribution in [0.2, 0.25) is 0 Å². The Balaban J connectivity index is 2.42. The van der Waals surface area contributed by atoms with Gasteiger partial charge in [-0.2, -0.15) is 0 Å². The number of hydrogen-bond donors (Lipinski definition) is 1. The summed E-state index contributed by atoms with van der Waals surface area (Å²) in [4.78, 5) is 0. The van der Waals surface area contributed by atoms with Crippen molar-refractivity contribution in [1.82, 2.24) is 0 Å². The maximum atomic E-state index is 5.64. The Morgan fingerprint density at radius 2 is 2.50 bits per heavy atom. The third kappa shape index (κ3) is 1.30. The molecule has 2 nitrogen and oxygen atoms in total. The minimum Gasteiger partial charge on any atom is -0.327 e. The Morgan fingerprint density at radius 3 is 2.88 bits per heavy atom. The van der Waals surface area contributed by atoms with Gasteiger partial charge >= 0.3 is 0 Å². The Kier molecular flexibility index (Phi) is 1.63. The Labute approximate surface area is 50.0 Å². The fourth-order valence-corrected chi connectivity index (χ4v) is 0.894. The Bertz CT molecular complexity index is 107. The summed E-state index contributed by atoms with van der Waals surface area (Å²) in [5, 5.41) is 0. The van der Waals surface area contributed by atoms with Crippen LogP contribution in [0.25, 0.3) is 0 Å². The molecular weight excluding hydrogens is 100 g/mol. The first kappa shape index (κ1) is 5.76. The minimum atomic E-state index is 0.422. The van der Waals surface area contributed by atoms with Crippen LogP contribution in [0.15, 0.2) is 0 Å². The zero-order valence-corrected chi connectivity index (χ0v) is 5.30. The summed E-state index contributed by atoms with van der Waals surface area (Å²) in [5.74, 6) is 0. The fourth-order valence-electron chi connectivity index (χ4n) is 0.894. The van der Waals surface area contributed by atoms with Crippen molar-refractivity contribution < 1.29 is 4.58 Å². The lowest BCUT2D eigenvalue weighted by Crippen LogP contribution is -2.30. The van der Waals surface area contributed by atoms with Gasteiger partial charge in [-0.25, -0.2) is 4.58 Å². The lowest BCUT2D eigenvalue weighted by atomic mass is 10.1. The molecule has 1 atom stereocenters. The van der Waals surface area contributed by atoms with E-state index in [2.05, 4.69) is 17.8 Å². The van der Waals surface area contributed by atoms with E-state index >= 15 is 0 Å².